The van der Waals surface area contributed by atoms with Gasteiger partial charge in [0.05, 0.1) is 145 Å². The monoisotopic (exact) mass is 1210 g/mol. The van der Waals surface area contributed by atoms with Crippen LogP contribution in [0.2, 0.25) is 0 Å². The van der Waals surface area contributed by atoms with Crippen LogP contribution in [0.15, 0.2) is 85.1 Å². The number of alkyl halides is 1. The average molecular weight is 1210 g/mol. The normalized spacial score (nSPS) is 11.3. The molecule has 24 nitrogen and oxygen atoms in total. The van der Waals surface area contributed by atoms with Crippen LogP contribution in [0.3, 0.4) is 0 Å². The zero-order valence-corrected chi connectivity index (χ0v) is 49.7. The van der Waals surface area contributed by atoms with E-state index in [0.29, 0.717) is 193 Å². The smallest absolute Gasteiger partial charge is 0.303 e. The summed E-state index contributed by atoms with van der Waals surface area (Å²) in [6.07, 6.45) is 5.91. The number of aryl methyl sites for hydroxylation is 2. The van der Waals surface area contributed by atoms with Gasteiger partial charge >= 0.3 is 5.97 Å². The maximum Gasteiger partial charge on any atom is 0.303 e. The van der Waals surface area contributed by atoms with Crippen LogP contribution in [0.5, 0.6) is 11.5 Å². The molecule has 0 bridgehead atoms. The predicted molar refractivity (Wildman–Crippen MR) is 314 cm³/mol. The molecule has 2 amide bonds. The number of benzene rings is 3. The first-order chi connectivity index (χ1) is 41.7. The number of carboxylic acid groups (broad SMARTS) is 1. The number of carbonyl (C=O) groups is 3. The maximum atomic E-state index is 12.6. The van der Waals surface area contributed by atoms with E-state index in [9.17, 15) is 14.4 Å². The van der Waals surface area contributed by atoms with Gasteiger partial charge < -0.3 is 72.6 Å². The number of hydrogen-bond acceptors (Lipinski definition) is 19. The second kappa shape index (κ2) is 44.1. The minimum atomic E-state index is -0.811. The topological polar surface area (TPSA) is 280 Å². The fraction of sp³-hybridized carbons (Fsp3) is 0.550. The van der Waals surface area contributed by atoms with Gasteiger partial charge in [-0.1, -0.05) is 34.6 Å². The van der Waals surface area contributed by atoms with E-state index in [1.165, 1.54) is 5.56 Å². The number of nitrogens with one attached hydrogen (secondary N) is 2. The maximum absolute atomic E-state index is 12.6. The SMILES string of the molecule is COc1cc(CCCCl)ccc1CCOCCNC(=O)c1ccc(CNC(=O)CCOCCOCCn2cc(COCCOCCOCCOCCOCCOCCOCOc3ccc(-c4ccc(N)[n+](CCCCC(=O)O)n4)cc3)nn2)cc1. The molecule has 0 aliphatic rings. The van der Waals surface area contributed by atoms with Crippen LogP contribution in [-0.2, 0) is 96.0 Å². The molecule has 2 aromatic heterocycles. The van der Waals surface area contributed by atoms with Gasteiger partial charge in [-0.3, -0.25) is 20.1 Å². The van der Waals surface area contributed by atoms with Gasteiger partial charge in [0.2, 0.25) is 5.91 Å². The van der Waals surface area contributed by atoms with Gasteiger partial charge in [-0.25, -0.2) is 4.68 Å². The van der Waals surface area contributed by atoms with E-state index < -0.39 is 5.97 Å². The fourth-order valence-electron chi connectivity index (χ4n) is 7.89. The lowest BCUT2D eigenvalue weighted by atomic mass is 10.0. The summed E-state index contributed by atoms with van der Waals surface area (Å²) in [6.45, 7) is 9.63. The number of amides is 2. The van der Waals surface area contributed by atoms with Crippen molar-refractivity contribution in [2.75, 3.05) is 151 Å². The summed E-state index contributed by atoms with van der Waals surface area (Å²) in [5.74, 6) is 1.50. The van der Waals surface area contributed by atoms with Crippen molar-refractivity contribution in [1.82, 2.24) is 30.7 Å². The van der Waals surface area contributed by atoms with Crippen LogP contribution < -0.4 is 30.5 Å². The van der Waals surface area contributed by atoms with Gasteiger partial charge in [-0.2, -0.15) is 0 Å². The lowest BCUT2D eigenvalue weighted by Crippen LogP contribution is -2.41. The highest BCUT2D eigenvalue weighted by atomic mass is 35.5. The lowest BCUT2D eigenvalue weighted by molar-refractivity contribution is -0.739. The number of methoxy groups -OCH3 is 1. The Morgan fingerprint density at radius 3 is 1.92 bits per heavy atom. The number of hydrogen-bond donors (Lipinski definition) is 4. The Morgan fingerprint density at radius 1 is 0.635 bits per heavy atom. The first kappa shape index (κ1) is 69.4. The minimum absolute atomic E-state index is 0.0820. The third kappa shape index (κ3) is 31.0. The highest BCUT2D eigenvalue weighted by Crippen LogP contribution is 2.23. The van der Waals surface area contributed by atoms with Crippen LogP contribution in [-0.4, -0.2) is 188 Å². The third-order valence-electron chi connectivity index (χ3n) is 12.5. The number of rotatable bonds is 51. The van der Waals surface area contributed by atoms with Gasteiger partial charge in [-0.15, -0.1) is 21.4 Å². The Bertz CT molecular complexity index is 2600. The molecule has 5 aromatic rings. The van der Waals surface area contributed by atoms with E-state index in [1.54, 1.807) is 34.7 Å². The molecule has 25 heteroatoms. The number of ether oxygens (including phenoxy) is 12. The molecule has 0 aliphatic heterocycles. The van der Waals surface area contributed by atoms with Crippen molar-refractivity contribution in [3.63, 3.8) is 0 Å². The van der Waals surface area contributed by atoms with E-state index in [4.69, 9.17) is 79.3 Å². The number of carboxylic acids is 1. The minimum Gasteiger partial charge on any atom is -0.496 e. The second-order valence-corrected chi connectivity index (χ2v) is 19.4. The molecule has 3 aromatic carbocycles. The van der Waals surface area contributed by atoms with Crippen molar-refractivity contribution < 1.29 is 81.0 Å². The molecule has 0 radical (unpaired) electrons. The number of nitrogen functional groups attached to an aromatic ring is 1. The molecule has 0 unspecified atom stereocenters. The van der Waals surface area contributed by atoms with Crippen molar-refractivity contribution >= 4 is 35.2 Å². The number of halogens is 1. The second-order valence-electron chi connectivity index (χ2n) is 19.0. The number of nitrogens with zero attached hydrogens (tertiary/aromatic N) is 5. The lowest BCUT2D eigenvalue weighted by Gasteiger charge is -2.11. The molecule has 0 saturated carbocycles. The summed E-state index contributed by atoms with van der Waals surface area (Å²) < 4.78 is 70.5. The summed E-state index contributed by atoms with van der Waals surface area (Å²) >= 11 is 5.82. The Labute approximate surface area is 503 Å². The van der Waals surface area contributed by atoms with E-state index in [1.807, 2.05) is 48.7 Å². The Hall–Kier alpha value is -6.42. The zero-order chi connectivity index (χ0) is 60.2. The number of nitrogens with two attached hydrogens (primary N) is 1. The summed E-state index contributed by atoms with van der Waals surface area (Å²) in [5.41, 5.74) is 12.1. The van der Waals surface area contributed by atoms with Gasteiger partial charge in [0.15, 0.2) is 6.79 Å². The van der Waals surface area contributed by atoms with Crippen LogP contribution in [0, 0.1) is 0 Å². The van der Waals surface area contributed by atoms with Crippen molar-refractivity contribution in [2.24, 2.45) is 0 Å². The fourth-order valence-corrected chi connectivity index (χ4v) is 8.03. The molecular formula is C60H86ClN8O16+. The number of anilines is 1. The van der Waals surface area contributed by atoms with Crippen molar-refractivity contribution in [3.05, 3.63) is 113 Å². The van der Waals surface area contributed by atoms with Gasteiger partial charge in [0.1, 0.15) is 29.4 Å². The molecule has 0 fully saturated rings. The van der Waals surface area contributed by atoms with Gasteiger partial charge in [-0.05, 0) is 97.3 Å². The number of aliphatic carboxylic acids is 1. The molecule has 5 N–H and O–H groups in total. The van der Waals surface area contributed by atoms with Crippen LogP contribution in [0.4, 0.5) is 5.82 Å². The molecule has 0 spiro atoms. The molecule has 0 atom stereocenters. The van der Waals surface area contributed by atoms with Crippen molar-refractivity contribution in [1.29, 1.82) is 0 Å². The predicted octanol–water partition coefficient (Wildman–Crippen LogP) is 5.03. The van der Waals surface area contributed by atoms with E-state index >= 15 is 0 Å². The van der Waals surface area contributed by atoms with E-state index in [2.05, 4.69) is 44.2 Å². The molecule has 5 rings (SSSR count). The molecule has 0 saturated heterocycles. The van der Waals surface area contributed by atoms with Gasteiger partial charge in [0.25, 0.3) is 11.7 Å². The third-order valence-corrected chi connectivity index (χ3v) is 12.8. The molecule has 468 valence electrons. The Kier molecular flexibility index (Phi) is 36.0. The number of aromatic nitrogens is 5. The molecule has 0 aliphatic carbocycles. The summed E-state index contributed by atoms with van der Waals surface area (Å²) in [7, 11) is 1.67. The quantitative estimate of drug-likeness (QED) is 0.0172. The zero-order valence-electron chi connectivity index (χ0n) is 49.0. The summed E-state index contributed by atoms with van der Waals surface area (Å²) in [6, 6.07) is 24.4. The highest BCUT2D eigenvalue weighted by molar-refractivity contribution is 6.17. The average Bonchev–Trinajstić information content (AvgIpc) is 4.15. The standard InChI is InChI=1S/C60H85ClN8O16/c1-74-56-43-48(5-4-21-61)7-10-51(56)19-25-75-27-22-63-60(73)52-11-8-49(9-12-52)44-64-58(70)20-26-76-29-30-77-28-24-68-45-53(65-67-68)46-83-41-39-81-37-35-79-33-31-78-32-34-80-36-38-82-40-42-84-47-85-54-15-13-50(14-16-54)55-17-18-57(62)69(66-55)23-3-2-6-59(71)72/h7-18,43,45,62H,2-6,19-42,44,46-47H2,1H3,(H3,63,64,70,71,72,73)/p+1. The number of unbranched alkanes of at least 4 members (excludes halogenated alkanes) is 1. The van der Waals surface area contributed by atoms with Crippen LogP contribution in [0.25, 0.3) is 11.3 Å². The van der Waals surface area contributed by atoms with Crippen LogP contribution >= 0.6 is 11.6 Å². The highest BCUT2D eigenvalue weighted by Gasteiger charge is 2.12. The van der Waals surface area contributed by atoms with Gasteiger partial charge in [0, 0.05) is 49.0 Å². The first-order valence-electron chi connectivity index (χ1n) is 28.8. The number of carbonyl (C=O) groups excluding carboxylic acids is 2. The molecular weight excluding hydrogens is 1120 g/mol. The first-order valence-corrected chi connectivity index (χ1v) is 29.4. The van der Waals surface area contributed by atoms with Crippen molar-refractivity contribution in [2.45, 2.75) is 71.2 Å². The summed E-state index contributed by atoms with van der Waals surface area (Å²) in [4.78, 5) is 35.8. The Morgan fingerprint density at radius 2 is 1.26 bits per heavy atom. The summed E-state index contributed by atoms with van der Waals surface area (Å²) in [5, 5.41) is 27.5. The van der Waals surface area contributed by atoms with E-state index in [0.717, 1.165) is 41.0 Å². The van der Waals surface area contributed by atoms with Crippen molar-refractivity contribution in [3.8, 4) is 22.8 Å². The van der Waals surface area contributed by atoms with E-state index in [-0.39, 0.29) is 38.1 Å². The Balaban J connectivity index is 0.722. The largest absolute Gasteiger partial charge is 0.496 e. The van der Waals surface area contributed by atoms with Crippen LogP contribution in [0.1, 0.15) is 64.8 Å². The molecule has 85 heavy (non-hydrogen) atoms. The molecule has 2 heterocycles.